The van der Waals surface area contributed by atoms with Crippen LogP contribution in [0.1, 0.15) is 34.6 Å². The van der Waals surface area contributed by atoms with Gasteiger partial charge in [-0.3, -0.25) is 14.3 Å². The van der Waals surface area contributed by atoms with E-state index >= 15 is 0 Å². The van der Waals surface area contributed by atoms with Gasteiger partial charge in [0.25, 0.3) is 0 Å². The number of ether oxygens (including phenoxy) is 1. The van der Waals surface area contributed by atoms with E-state index in [2.05, 4.69) is 5.10 Å². The van der Waals surface area contributed by atoms with E-state index in [0.29, 0.717) is 24.4 Å². The van der Waals surface area contributed by atoms with Crippen LogP contribution in [0, 0.1) is 19.8 Å². The number of nitrogens with zero attached hydrogens (tertiary/aromatic N) is 3. The molecule has 1 fully saturated rings. The highest BCUT2D eigenvalue weighted by Gasteiger charge is 2.29. The topological polar surface area (TPSA) is 64.4 Å². The molecule has 1 aromatic heterocycles. The van der Waals surface area contributed by atoms with Gasteiger partial charge in [0.1, 0.15) is 18.0 Å². The molecule has 0 radical (unpaired) electrons. The third-order valence-corrected chi connectivity index (χ3v) is 5.65. The minimum absolute atomic E-state index is 0.00955. The molecule has 1 amide bonds. The minimum Gasteiger partial charge on any atom is -0.457 e. The average Bonchev–Trinajstić information content (AvgIpc) is 3.11. The summed E-state index contributed by atoms with van der Waals surface area (Å²) in [6.45, 7) is 5.22. The summed E-state index contributed by atoms with van der Waals surface area (Å²) in [7, 11) is 0. The number of carbonyl (C=O) groups is 2. The van der Waals surface area contributed by atoms with Crippen LogP contribution in [0.25, 0.3) is 0 Å². The van der Waals surface area contributed by atoms with Crippen molar-refractivity contribution in [1.82, 2.24) is 14.7 Å². The Hall–Kier alpha value is -3.41. The smallest absolute Gasteiger partial charge is 0.244 e. The summed E-state index contributed by atoms with van der Waals surface area (Å²) in [4.78, 5) is 27.6. The lowest BCUT2D eigenvalue weighted by Gasteiger charge is -2.32. The normalized spacial score (nSPS) is 16.2. The molecule has 1 aliphatic rings. The van der Waals surface area contributed by atoms with Gasteiger partial charge in [-0.1, -0.05) is 18.2 Å². The Labute approximate surface area is 182 Å². The maximum absolute atomic E-state index is 13.1. The highest BCUT2D eigenvalue weighted by atomic mass is 16.5. The van der Waals surface area contributed by atoms with Gasteiger partial charge in [0.2, 0.25) is 5.91 Å². The van der Waals surface area contributed by atoms with Crippen LogP contribution in [-0.4, -0.2) is 39.5 Å². The maximum Gasteiger partial charge on any atom is 0.244 e. The van der Waals surface area contributed by atoms with Crippen molar-refractivity contribution < 1.29 is 14.3 Å². The van der Waals surface area contributed by atoms with Crippen molar-refractivity contribution in [2.45, 2.75) is 33.2 Å². The van der Waals surface area contributed by atoms with Crippen molar-refractivity contribution in [2.24, 2.45) is 5.92 Å². The van der Waals surface area contributed by atoms with Crippen LogP contribution in [0.15, 0.2) is 60.7 Å². The number of aromatic nitrogens is 2. The third kappa shape index (κ3) is 5.02. The lowest BCUT2D eigenvalue weighted by atomic mass is 9.90. The Morgan fingerprint density at radius 1 is 1.03 bits per heavy atom. The molecule has 4 rings (SSSR count). The summed E-state index contributed by atoms with van der Waals surface area (Å²) in [6.07, 6.45) is 1.62. The Kier molecular flexibility index (Phi) is 6.16. The predicted octanol–water partition coefficient (Wildman–Crippen LogP) is 4.41. The lowest BCUT2D eigenvalue weighted by molar-refractivity contribution is -0.133. The Bertz CT molecular complexity index is 1060. The number of benzene rings is 2. The van der Waals surface area contributed by atoms with Crippen LogP contribution in [0.4, 0.5) is 0 Å². The van der Waals surface area contributed by atoms with Crippen molar-refractivity contribution >= 4 is 11.7 Å². The molecular weight excluding hydrogens is 390 g/mol. The molecule has 0 unspecified atom stereocenters. The monoisotopic (exact) mass is 417 g/mol. The van der Waals surface area contributed by atoms with Gasteiger partial charge in [-0.25, -0.2) is 0 Å². The van der Waals surface area contributed by atoms with Crippen molar-refractivity contribution in [1.29, 1.82) is 0 Å². The average molecular weight is 418 g/mol. The number of ketones is 1. The van der Waals surface area contributed by atoms with E-state index in [1.165, 1.54) is 0 Å². The van der Waals surface area contributed by atoms with Crippen LogP contribution in [-0.2, 0) is 11.3 Å². The summed E-state index contributed by atoms with van der Waals surface area (Å²) < 4.78 is 7.53. The molecule has 3 aromatic rings. The molecule has 2 aromatic carbocycles. The van der Waals surface area contributed by atoms with E-state index < -0.39 is 0 Å². The summed E-state index contributed by atoms with van der Waals surface area (Å²) in [5.41, 5.74) is 2.52. The first-order valence-corrected chi connectivity index (χ1v) is 10.7. The molecule has 1 aliphatic heterocycles. The molecule has 2 heterocycles. The molecule has 0 bridgehead atoms. The molecular formula is C25H27N3O3. The van der Waals surface area contributed by atoms with Crippen molar-refractivity contribution in [3.05, 3.63) is 77.6 Å². The van der Waals surface area contributed by atoms with Crippen molar-refractivity contribution in [3.63, 3.8) is 0 Å². The fraction of sp³-hybridized carbons (Fsp3) is 0.320. The first-order valence-electron chi connectivity index (χ1n) is 10.7. The zero-order valence-electron chi connectivity index (χ0n) is 18.0. The van der Waals surface area contributed by atoms with Gasteiger partial charge < -0.3 is 9.64 Å². The molecule has 6 heteroatoms. The molecule has 0 saturated carbocycles. The molecule has 6 nitrogen and oxygen atoms in total. The summed E-state index contributed by atoms with van der Waals surface area (Å²) >= 11 is 0. The van der Waals surface area contributed by atoms with Gasteiger partial charge >= 0.3 is 0 Å². The number of hydrogen-bond acceptors (Lipinski definition) is 4. The fourth-order valence-electron chi connectivity index (χ4n) is 4.03. The molecule has 1 saturated heterocycles. The largest absolute Gasteiger partial charge is 0.457 e. The number of piperidine rings is 1. The first kappa shape index (κ1) is 20.8. The summed E-state index contributed by atoms with van der Waals surface area (Å²) in [5, 5.41) is 4.38. The number of aryl methyl sites for hydroxylation is 2. The third-order valence-electron chi connectivity index (χ3n) is 5.65. The highest BCUT2D eigenvalue weighted by molar-refractivity contribution is 5.98. The highest BCUT2D eigenvalue weighted by Crippen LogP contribution is 2.25. The van der Waals surface area contributed by atoms with Crippen LogP contribution < -0.4 is 4.74 Å². The number of Topliss-reactive ketones (excluding diaryl/α,β-unsaturated/α-hetero) is 1. The molecule has 1 atom stereocenters. The zero-order chi connectivity index (χ0) is 21.8. The quantitative estimate of drug-likeness (QED) is 0.557. The first-order chi connectivity index (χ1) is 15.0. The van der Waals surface area contributed by atoms with Crippen LogP contribution >= 0.6 is 0 Å². The molecule has 31 heavy (non-hydrogen) atoms. The van der Waals surface area contributed by atoms with Gasteiger partial charge in [0.15, 0.2) is 5.78 Å². The second-order valence-electron chi connectivity index (χ2n) is 8.07. The van der Waals surface area contributed by atoms with E-state index in [9.17, 15) is 9.59 Å². The fourth-order valence-corrected chi connectivity index (χ4v) is 4.03. The zero-order valence-corrected chi connectivity index (χ0v) is 18.0. The number of rotatable bonds is 6. The number of amides is 1. The van der Waals surface area contributed by atoms with E-state index in [1.54, 1.807) is 21.7 Å². The molecule has 0 N–H and O–H groups in total. The van der Waals surface area contributed by atoms with Crippen molar-refractivity contribution in [3.8, 4) is 11.5 Å². The lowest BCUT2D eigenvalue weighted by Crippen LogP contribution is -2.43. The van der Waals surface area contributed by atoms with Crippen molar-refractivity contribution in [2.75, 3.05) is 13.1 Å². The molecule has 0 spiro atoms. The van der Waals surface area contributed by atoms with E-state index in [4.69, 9.17) is 4.74 Å². The standard InChI is InChI=1S/C25H27N3O3/c1-18-15-19(2)28(26-18)17-24(29)27-14-6-7-21(16-27)25(30)20-10-12-23(13-11-20)31-22-8-4-3-5-9-22/h3-5,8-13,15,21H,6-7,14,16-17H2,1-2H3/t21-/m1/s1. The Morgan fingerprint density at radius 2 is 1.74 bits per heavy atom. The summed E-state index contributed by atoms with van der Waals surface area (Å²) in [6, 6.07) is 18.7. The van der Waals surface area contributed by atoms with E-state index in [-0.39, 0.29) is 24.2 Å². The van der Waals surface area contributed by atoms with Gasteiger partial charge in [-0.05, 0) is 69.2 Å². The number of para-hydroxylation sites is 1. The maximum atomic E-state index is 13.1. The van der Waals surface area contributed by atoms with E-state index in [0.717, 1.165) is 30.0 Å². The Balaban J connectivity index is 1.38. The molecule has 160 valence electrons. The van der Waals surface area contributed by atoms with Gasteiger partial charge in [-0.15, -0.1) is 0 Å². The number of carbonyl (C=O) groups excluding carboxylic acids is 2. The number of hydrogen-bond donors (Lipinski definition) is 0. The number of likely N-dealkylation sites (tertiary alicyclic amines) is 1. The second-order valence-corrected chi connectivity index (χ2v) is 8.07. The van der Waals surface area contributed by atoms with Gasteiger partial charge in [0, 0.05) is 30.3 Å². The molecule has 0 aliphatic carbocycles. The second kappa shape index (κ2) is 9.16. The van der Waals surface area contributed by atoms with Gasteiger partial charge in [0.05, 0.1) is 5.69 Å². The van der Waals surface area contributed by atoms with E-state index in [1.807, 2.05) is 62.4 Å². The van der Waals surface area contributed by atoms with Crippen LogP contribution in [0.2, 0.25) is 0 Å². The Morgan fingerprint density at radius 3 is 2.42 bits per heavy atom. The SMILES string of the molecule is Cc1cc(C)n(CC(=O)N2CCC[C@@H](C(=O)c3ccc(Oc4ccccc4)cc3)C2)n1. The summed E-state index contributed by atoms with van der Waals surface area (Å²) in [5.74, 6) is 1.35. The van der Waals surface area contributed by atoms with Gasteiger partial charge in [-0.2, -0.15) is 5.10 Å². The van der Waals surface area contributed by atoms with Crippen LogP contribution in [0.3, 0.4) is 0 Å². The van der Waals surface area contributed by atoms with Crippen LogP contribution in [0.5, 0.6) is 11.5 Å². The predicted molar refractivity (Wildman–Crippen MR) is 118 cm³/mol. The minimum atomic E-state index is -0.181.